The number of benzene rings is 1. The number of aliphatic carboxylic acids is 1. The van der Waals surface area contributed by atoms with Gasteiger partial charge in [-0.25, -0.2) is 0 Å². The van der Waals surface area contributed by atoms with Crippen molar-refractivity contribution >= 4 is 29.6 Å². The topological polar surface area (TPSA) is 206 Å². The Labute approximate surface area is 191 Å². The largest absolute Gasteiger partial charge is 0.481 e. The number of carbonyl (C=O) groups excluding carboxylic acids is 4. The van der Waals surface area contributed by atoms with Crippen LogP contribution in [-0.4, -0.2) is 73.0 Å². The van der Waals surface area contributed by atoms with Crippen molar-refractivity contribution < 1.29 is 29.1 Å². The van der Waals surface area contributed by atoms with Crippen molar-refractivity contribution in [1.82, 2.24) is 21.3 Å². The van der Waals surface area contributed by atoms with E-state index in [-0.39, 0.29) is 6.42 Å². The zero-order chi connectivity index (χ0) is 24.8. The van der Waals surface area contributed by atoms with E-state index in [9.17, 15) is 24.0 Å². The molecule has 0 heterocycles. The molecule has 12 heteroatoms. The van der Waals surface area contributed by atoms with Gasteiger partial charge in [0.2, 0.25) is 23.6 Å². The lowest BCUT2D eigenvalue weighted by molar-refractivity contribution is -0.141. The van der Waals surface area contributed by atoms with Crippen molar-refractivity contribution in [3.05, 3.63) is 35.9 Å². The lowest BCUT2D eigenvalue weighted by Gasteiger charge is -2.21. The van der Waals surface area contributed by atoms with Gasteiger partial charge in [0.15, 0.2) is 0 Å². The summed E-state index contributed by atoms with van der Waals surface area (Å²) in [6.07, 6.45) is 0.444. The predicted molar refractivity (Wildman–Crippen MR) is 120 cm³/mol. The van der Waals surface area contributed by atoms with E-state index >= 15 is 0 Å². The van der Waals surface area contributed by atoms with Gasteiger partial charge in [0.25, 0.3) is 0 Å². The Hall–Kier alpha value is -3.51. The Morgan fingerprint density at radius 1 is 1.00 bits per heavy atom. The van der Waals surface area contributed by atoms with Crippen molar-refractivity contribution in [2.45, 2.75) is 43.8 Å². The van der Waals surface area contributed by atoms with Crippen LogP contribution in [0, 0.1) is 0 Å². The van der Waals surface area contributed by atoms with Gasteiger partial charge in [-0.3, -0.25) is 24.0 Å². The maximum Gasteiger partial charge on any atom is 0.305 e. The third-order valence-electron chi connectivity index (χ3n) is 4.67. The summed E-state index contributed by atoms with van der Waals surface area (Å²) < 4.78 is 0. The van der Waals surface area contributed by atoms with E-state index < -0.39 is 60.7 Å². The SMILES string of the molecule is CNCCCC(N)C(=O)NCC(=O)NC(CC(=O)O)C(=O)NC(Cc1ccccc1)C(N)=O. The van der Waals surface area contributed by atoms with Gasteiger partial charge >= 0.3 is 5.97 Å². The molecule has 0 bridgehead atoms. The minimum Gasteiger partial charge on any atom is -0.481 e. The van der Waals surface area contributed by atoms with Gasteiger partial charge in [0.1, 0.15) is 12.1 Å². The fourth-order valence-corrected chi connectivity index (χ4v) is 2.90. The maximum absolute atomic E-state index is 12.6. The van der Waals surface area contributed by atoms with Crippen LogP contribution in [-0.2, 0) is 30.4 Å². The Kier molecular flexibility index (Phi) is 12.1. The molecule has 33 heavy (non-hydrogen) atoms. The van der Waals surface area contributed by atoms with E-state index in [4.69, 9.17) is 16.6 Å². The number of amides is 4. The second kappa shape index (κ2) is 14.5. The van der Waals surface area contributed by atoms with Gasteiger partial charge in [-0.05, 0) is 32.0 Å². The first-order chi connectivity index (χ1) is 15.6. The molecule has 4 amide bonds. The number of carboxylic acid groups (broad SMARTS) is 1. The number of carboxylic acids is 1. The minimum absolute atomic E-state index is 0.0944. The van der Waals surface area contributed by atoms with Crippen molar-refractivity contribution in [3.8, 4) is 0 Å². The number of primary amides is 1. The van der Waals surface area contributed by atoms with Gasteiger partial charge in [0.05, 0.1) is 19.0 Å². The molecule has 0 aliphatic heterocycles. The highest BCUT2D eigenvalue weighted by Gasteiger charge is 2.28. The highest BCUT2D eigenvalue weighted by molar-refractivity contribution is 5.95. The Morgan fingerprint density at radius 2 is 1.67 bits per heavy atom. The Balaban J connectivity index is 2.68. The van der Waals surface area contributed by atoms with Crippen LogP contribution in [0.5, 0.6) is 0 Å². The fraction of sp³-hybridized carbons (Fsp3) is 0.476. The van der Waals surface area contributed by atoms with E-state index in [1.807, 2.05) is 0 Å². The molecule has 0 aliphatic rings. The standard InChI is InChI=1S/C21H32N6O6/c1-24-9-5-8-14(22)20(32)25-12-17(28)26-16(11-18(29)30)21(33)27-15(19(23)31)10-13-6-3-2-4-7-13/h2-4,6-7,14-16,24H,5,8-12,22H2,1H3,(H2,23,31)(H,25,32)(H,26,28)(H,27,33)(H,29,30). The molecule has 0 aromatic heterocycles. The van der Waals surface area contributed by atoms with Crippen molar-refractivity contribution in [2.75, 3.05) is 20.1 Å². The molecule has 0 saturated heterocycles. The number of hydrogen-bond acceptors (Lipinski definition) is 7. The Morgan fingerprint density at radius 3 is 2.24 bits per heavy atom. The zero-order valence-electron chi connectivity index (χ0n) is 18.5. The fourth-order valence-electron chi connectivity index (χ4n) is 2.90. The van der Waals surface area contributed by atoms with Crippen LogP contribution >= 0.6 is 0 Å². The normalized spacial score (nSPS) is 13.3. The smallest absolute Gasteiger partial charge is 0.305 e. The first-order valence-corrected chi connectivity index (χ1v) is 10.5. The van der Waals surface area contributed by atoms with Gasteiger partial charge in [-0.2, -0.15) is 0 Å². The third-order valence-corrected chi connectivity index (χ3v) is 4.67. The average molecular weight is 465 g/mol. The van der Waals surface area contributed by atoms with Crippen LogP contribution in [0.1, 0.15) is 24.8 Å². The molecule has 0 aliphatic carbocycles. The highest BCUT2D eigenvalue weighted by Crippen LogP contribution is 2.04. The Bertz CT molecular complexity index is 819. The zero-order valence-corrected chi connectivity index (χ0v) is 18.5. The summed E-state index contributed by atoms with van der Waals surface area (Å²) in [5.41, 5.74) is 11.8. The molecular weight excluding hydrogens is 432 g/mol. The molecule has 3 atom stereocenters. The summed E-state index contributed by atoms with van der Waals surface area (Å²) in [7, 11) is 1.77. The number of carbonyl (C=O) groups is 5. The van der Waals surface area contributed by atoms with E-state index in [0.717, 1.165) is 5.56 Å². The van der Waals surface area contributed by atoms with Gasteiger partial charge in [-0.15, -0.1) is 0 Å². The minimum atomic E-state index is -1.48. The lowest BCUT2D eigenvalue weighted by Crippen LogP contribution is -2.55. The monoisotopic (exact) mass is 464 g/mol. The molecule has 0 radical (unpaired) electrons. The van der Waals surface area contributed by atoms with Gasteiger partial charge < -0.3 is 37.8 Å². The number of nitrogens with two attached hydrogens (primary N) is 2. The average Bonchev–Trinajstić information content (AvgIpc) is 2.76. The predicted octanol–water partition coefficient (Wildman–Crippen LogP) is -2.40. The number of rotatable bonds is 15. The van der Waals surface area contributed by atoms with Gasteiger partial charge in [0, 0.05) is 6.42 Å². The van der Waals surface area contributed by atoms with E-state index in [0.29, 0.717) is 19.4 Å². The maximum atomic E-state index is 12.6. The molecule has 3 unspecified atom stereocenters. The molecule has 0 spiro atoms. The first kappa shape index (κ1) is 27.5. The molecule has 0 fully saturated rings. The molecule has 1 rings (SSSR count). The van der Waals surface area contributed by atoms with Crippen LogP contribution in [0.15, 0.2) is 30.3 Å². The summed E-state index contributed by atoms with van der Waals surface area (Å²) in [6.45, 7) is 0.190. The second-order valence-corrected chi connectivity index (χ2v) is 7.44. The highest BCUT2D eigenvalue weighted by atomic mass is 16.4. The third kappa shape index (κ3) is 11.1. The summed E-state index contributed by atoms with van der Waals surface area (Å²) in [4.78, 5) is 59.7. The summed E-state index contributed by atoms with van der Waals surface area (Å²) in [6, 6.07) is 5.38. The van der Waals surface area contributed by atoms with Crippen LogP contribution in [0.25, 0.3) is 0 Å². The van der Waals surface area contributed by atoms with Crippen LogP contribution in [0.2, 0.25) is 0 Å². The van der Waals surface area contributed by atoms with Gasteiger partial charge in [-0.1, -0.05) is 30.3 Å². The first-order valence-electron chi connectivity index (χ1n) is 10.5. The quantitative estimate of drug-likeness (QED) is 0.139. The number of nitrogens with one attached hydrogen (secondary N) is 4. The summed E-state index contributed by atoms with van der Waals surface area (Å²) in [5, 5.41) is 19.0. The van der Waals surface area contributed by atoms with Crippen molar-refractivity contribution in [1.29, 1.82) is 0 Å². The van der Waals surface area contributed by atoms with Crippen molar-refractivity contribution in [2.24, 2.45) is 11.5 Å². The second-order valence-electron chi connectivity index (χ2n) is 7.44. The van der Waals surface area contributed by atoms with Crippen LogP contribution < -0.4 is 32.7 Å². The lowest BCUT2D eigenvalue weighted by atomic mass is 10.0. The summed E-state index contributed by atoms with van der Waals surface area (Å²) >= 11 is 0. The molecule has 9 N–H and O–H groups in total. The molecule has 0 saturated carbocycles. The van der Waals surface area contributed by atoms with Crippen LogP contribution in [0.4, 0.5) is 0 Å². The molecular formula is C21H32N6O6. The van der Waals surface area contributed by atoms with Crippen molar-refractivity contribution in [3.63, 3.8) is 0 Å². The molecule has 1 aromatic carbocycles. The van der Waals surface area contributed by atoms with E-state index in [1.54, 1.807) is 37.4 Å². The van der Waals surface area contributed by atoms with Crippen LogP contribution in [0.3, 0.4) is 0 Å². The molecule has 1 aromatic rings. The summed E-state index contributed by atoms with van der Waals surface area (Å²) in [5.74, 6) is -4.37. The molecule has 182 valence electrons. The molecule has 12 nitrogen and oxygen atoms in total. The number of hydrogen-bond donors (Lipinski definition) is 7. The van der Waals surface area contributed by atoms with E-state index in [1.165, 1.54) is 0 Å². The van der Waals surface area contributed by atoms with E-state index in [2.05, 4.69) is 21.3 Å².